The molecule has 0 spiro atoms. The van der Waals surface area contributed by atoms with Gasteiger partial charge in [-0.2, -0.15) is 0 Å². The van der Waals surface area contributed by atoms with Crippen molar-refractivity contribution in [1.29, 1.82) is 0 Å². The van der Waals surface area contributed by atoms with Crippen LogP contribution in [0.1, 0.15) is 46.1 Å². The smallest absolute Gasteiger partial charge is 0.336 e. The molecule has 3 rings (SSSR count). The summed E-state index contributed by atoms with van der Waals surface area (Å²) in [4.78, 5) is 75.2. The van der Waals surface area contributed by atoms with Crippen molar-refractivity contribution in [2.75, 3.05) is 11.9 Å². The van der Waals surface area contributed by atoms with Gasteiger partial charge in [-0.15, -0.1) is 0 Å². The van der Waals surface area contributed by atoms with Crippen molar-refractivity contribution in [3.8, 4) is 0 Å². The summed E-state index contributed by atoms with van der Waals surface area (Å²) in [5.74, 6) is -2.30. The number of carbonyl (C=O) groups is 5. The van der Waals surface area contributed by atoms with Gasteiger partial charge in [-0.1, -0.05) is 0 Å². The average Bonchev–Trinajstić information content (AvgIpc) is 3.32. The number of rotatable bonds is 8. The number of likely N-dealkylation sites (tertiary alicyclic amines) is 1. The molecule has 1 aromatic heterocycles. The van der Waals surface area contributed by atoms with Crippen molar-refractivity contribution in [3.05, 3.63) is 40.2 Å². The quantitative estimate of drug-likeness (QED) is 0.364. The van der Waals surface area contributed by atoms with Gasteiger partial charge in [-0.3, -0.25) is 24.0 Å². The maximum Gasteiger partial charge on any atom is 0.336 e. The highest BCUT2D eigenvalue weighted by atomic mass is 16.4. The van der Waals surface area contributed by atoms with Crippen molar-refractivity contribution in [3.63, 3.8) is 0 Å². The fourth-order valence-electron chi connectivity index (χ4n) is 4.35. The Balaban J connectivity index is 1.59. The lowest BCUT2D eigenvalue weighted by atomic mass is 10.1. The molecule has 1 aliphatic rings. The summed E-state index contributed by atoms with van der Waals surface area (Å²) < 4.78 is 5.21. The van der Waals surface area contributed by atoms with E-state index in [1.54, 1.807) is 19.1 Å². The number of nitrogens with one attached hydrogen (secondary N) is 4. The first-order chi connectivity index (χ1) is 17.9. The van der Waals surface area contributed by atoms with E-state index in [2.05, 4.69) is 21.3 Å². The first-order valence-corrected chi connectivity index (χ1v) is 12.4. The van der Waals surface area contributed by atoms with Gasteiger partial charge in [0.25, 0.3) is 0 Å². The van der Waals surface area contributed by atoms with Gasteiger partial charge in [0.05, 0.1) is 0 Å². The van der Waals surface area contributed by atoms with Crippen molar-refractivity contribution >= 4 is 46.2 Å². The van der Waals surface area contributed by atoms with Gasteiger partial charge in [0.15, 0.2) is 0 Å². The molecule has 1 aliphatic heterocycles. The van der Waals surface area contributed by atoms with Crippen LogP contribution in [0.4, 0.5) is 5.69 Å². The van der Waals surface area contributed by atoms with Crippen molar-refractivity contribution in [2.45, 2.75) is 71.6 Å². The van der Waals surface area contributed by atoms with E-state index in [1.165, 1.54) is 44.7 Å². The molecule has 1 fully saturated rings. The molecule has 1 saturated heterocycles. The molecule has 0 bridgehead atoms. The number of carbonyl (C=O) groups excluding carboxylic acids is 5. The molecule has 0 radical (unpaired) electrons. The third-order valence-corrected chi connectivity index (χ3v) is 6.35. The minimum absolute atomic E-state index is 0.331. The second kappa shape index (κ2) is 11.9. The zero-order valence-electron chi connectivity index (χ0n) is 22.0. The Morgan fingerprint density at radius 2 is 1.63 bits per heavy atom. The number of amides is 5. The van der Waals surface area contributed by atoms with Crippen LogP contribution in [0.25, 0.3) is 11.0 Å². The summed E-state index contributed by atoms with van der Waals surface area (Å²) >= 11 is 0. The standard InChI is InChI=1S/C26H33N5O7/c1-13-11-22(33)38-21-12-18(8-9-19(13)21)30-24(35)15(3)28-25(36)20-7-6-10-31(20)26(37)16(4)29-23(34)14(2)27-17(5)32/h8-9,11-12,14-16,20H,6-7,10H2,1-5H3,(H,27,32)(H,28,36)(H,29,34)(H,30,35)/t14-,15+,16-,20+/m1/s1. The van der Waals surface area contributed by atoms with E-state index in [0.717, 1.165) is 10.9 Å². The van der Waals surface area contributed by atoms with E-state index < -0.39 is 53.4 Å². The van der Waals surface area contributed by atoms with Crippen molar-refractivity contribution < 1.29 is 28.4 Å². The van der Waals surface area contributed by atoms with Gasteiger partial charge in [0, 0.05) is 36.7 Å². The SMILES string of the molecule is CC(=O)N[C@H](C)C(=O)N[C@H](C)C(=O)N1CCC[C@H]1C(=O)N[C@@H](C)C(=O)Nc1ccc2c(C)cc(=O)oc2c1. The number of aryl methyl sites for hydroxylation is 1. The van der Waals surface area contributed by atoms with E-state index in [1.807, 2.05) is 0 Å². The maximum atomic E-state index is 13.0. The molecule has 204 valence electrons. The van der Waals surface area contributed by atoms with E-state index in [-0.39, 0.29) is 5.91 Å². The Labute approximate surface area is 219 Å². The summed E-state index contributed by atoms with van der Waals surface area (Å²) in [7, 11) is 0. The van der Waals surface area contributed by atoms with Crippen molar-refractivity contribution in [2.24, 2.45) is 0 Å². The lowest BCUT2D eigenvalue weighted by Crippen LogP contribution is -2.56. The van der Waals surface area contributed by atoms with Crippen molar-refractivity contribution in [1.82, 2.24) is 20.9 Å². The molecule has 38 heavy (non-hydrogen) atoms. The zero-order chi connectivity index (χ0) is 28.1. The molecule has 12 nitrogen and oxygen atoms in total. The molecule has 1 aromatic carbocycles. The Morgan fingerprint density at radius 1 is 0.947 bits per heavy atom. The van der Waals surface area contributed by atoms with Gasteiger partial charge in [-0.05, 0) is 58.2 Å². The first-order valence-electron chi connectivity index (χ1n) is 12.4. The number of hydrogen-bond donors (Lipinski definition) is 4. The normalized spacial score (nSPS) is 17.3. The summed E-state index contributed by atoms with van der Waals surface area (Å²) in [6.07, 6.45) is 1.01. The molecule has 0 saturated carbocycles. The van der Waals surface area contributed by atoms with Crippen LogP contribution in [0.15, 0.2) is 33.5 Å². The molecular weight excluding hydrogens is 494 g/mol. The topological polar surface area (TPSA) is 167 Å². The maximum absolute atomic E-state index is 13.0. The van der Waals surface area contributed by atoms with E-state index in [9.17, 15) is 28.8 Å². The summed E-state index contributed by atoms with van der Waals surface area (Å²) in [5, 5.41) is 11.1. The lowest BCUT2D eigenvalue weighted by molar-refractivity contribution is -0.141. The van der Waals surface area contributed by atoms with Gasteiger partial charge < -0.3 is 30.6 Å². The zero-order valence-corrected chi connectivity index (χ0v) is 22.0. The molecule has 2 aromatic rings. The van der Waals surface area contributed by atoms with Gasteiger partial charge >= 0.3 is 5.63 Å². The number of benzene rings is 1. The predicted molar refractivity (Wildman–Crippen MR) is 139 cm³/mol. The molecule has 12 heteroatoms. The van der Waals surface area contributed by atoms with Gasteiger partial charge in [-0.25, -0.2) is 4.79 Å². The van der Waals surface area contributed by atoms with Crippen LogP contribution in [-0.2, 0) is 24.0 Å². The number of fused-ring (bicyclic) bond motifs is 1. The monoisotopic (exact) mass is 527 g/mol. The van der Waals surface area contributed by atoms with Crippen LogP contribution in [0.5, 0.6) is 0 Å². The predicted octanol–water partition coefficient (Wildman–Crippen LogP) is 0.565. The number of hydrogen-bond acceptors (Lipinski definition) is 7. The Morgan fingerprint density at radius 3 is 2.32 bits per heavy atom. The summed E-state index contributed by atoms with van der Waals surface area (Å²) in [6, 6.07) is 2.88. The van der Waals surface area contributed by atoms with Crippen LogP contribution in [0, 0.1) is 6.92 Å². The minimum atomic E-state index is -0.920. The van der Waals surface area contributed by atoms with Gasteiger partial charge in [0.1, 0.15) is 29.8 Å². The average molecular weight is 528 g/mol. The molecule has 0 aliphatic carbocycles. The molecule has 4 atom stereocenters. The Kier molecular flexibility index (Phi) is 8.87. The summed E-state index contributed by atoms with van der Waals surface area (Å²) in [5.41, 5.74) is 0.984. The molecule has 2 heterocycles. The lowest BCUT2D eigenvalue weighted by Gasteiger charge is -2.28. The van der Waals surface area contributed by atoms with Gasteiger partial charge in [0.2, 0.25) is 29.5 Å². The third-order valence-electron chi connectivity index (χ3n) is 6.35. The summed E-state index contributed by atoms with van der Waals surface area (Å²) in [6.45, 7) is 7.94. The Bertz CT molecular complexity index is 1320. The van der Waals surface area contributed by atoms with E-state index >= 15 is 0 Å². The Hall–Kier alpha value is -4.22. The molecule has 4 N–H and O–H groups in total. The van der Waals surface area contributed by atoms with Crippen LogP contribution in [-0.4, -0.2) is 65.1 Å². The van der Waals surface area contributed by atoms with E-state index in [0.29, 0.717) is 30.7 Å². The molecule has 5 amide bonds. The largest absolute Gasteiger partial charge is 0.423 e. The molecule has 0 unspecified atom stereocenters. The van der Waals surface area contributed by atoms with Crippen LogP contribution >= 0.6 is 0 Å². The highest BCUT2D eigenvalue weighted by Crippen LogP contribution is 2.21. The fourth-order valence-corrected chi connectivity index (χ4v) is 4.35. The minimum Gasteiger partial charge on any atom is -0.423 e. The second-order valence-corrected chi connectivity index (χ2v) is 9.52. The highest BCUT2D eigenvalue weighted by molar-refractivity contribution is 6.00. The second-order valence-electron chi connectivity index (χ2n) is 9.52. The van der Waals surface area contributed by atoms with Crippen LogP contribution < -0.4 is 26.9 Å². The number of nitrogens with zero attached hydrogens (tertiary/aromatic N) is 1. The van der Waals surface area contributed by atoms with Crippen LogP contribution in [0.3, 0.4) is 0 Å². The third kappa shape index (κ3) is 6.75. The first kappa shape index (κ1) is 28.4. The van der Waals surface area contributed by atoms with E-state index in [4.69, 9.17) is 4.42 Å². The number of anilines is 1. The fraction of sp³-hybridized carbons (Fsp3) is 0.462. The molecular formula is C26H33N5O7. The van der Waals surface area contributed by atoms with Crippen LogP contribution in [0.2, 0.25) is 0 Å². The highest BCUT2D eigenvalue weighted by Gasteiger charge is 2.37.